The van der Waals surface area contributed by atoms with E-state index in [1.807, 2.05) is 17.9 Å². The van der Waals surface area contributed by atoms with Crippen LogP contribution < -0.4 is 4.90 Å². The molecule has 0 saturated heterocycles. The molecule has 0 N–H and O–H groups in total. The van der Waals surface area contributed by atoms with Gasteiger partial charge in [-0.05, 0) is 41.6 Å². The van der Waals surface area contributed by atoms with E-state index in [1.165, 1.54) is 10.7 Å². The van der Waals surface area contributed by atoms with E-state index >= 15 is 0 Å². The van der Waals surface area contributed by atoms with Gasteiger partial charge in [-0.25, -0.2) is 4.39 Å². The molecule has 3 rings (SSSR count). The molecule has 3 aromatic rings. The first kappa shape index (κ1) is 13.9. The summed E-state index contributed by atoms with van der Waals surface area (Å²) in [5, 5.41) is 24.2. The molecule has 0 radical (unpaired) electrons. The number of hydrogen-bond acceptors (Lipinski definition) is 6. The first-order valence-corrected chi connectivity index (χ1v) is 6.70. The summed E-state index contributed by atoms with van der Waals surface area (Å²) in [6.07, 6.45) is 0. The van der Waals surface area contributed by atoms with Gasteiger partial charge in [0.05, 0.1) is 11.6 Å². The summed E-state index contributed by atoms with van der Waals surface area (Å²) >= 11 is 0. The van der Waals surface area contributed by atoms with Crippen LogP contribution in [-0.4, -0.2) is 31.8 Å². The maximum Gasteiger partial charge on any atom is 0.200 e. The van der Waals surface area contributed by atoms with Crippen molar-refractivity contribution in [2.24, 2.45) is 0 Å². The third kappa shape index (κ3) is 2.56. The Bertz CT molecular complexity index is 852. The van der Waals surface area contributed by atoms with Crippen LogP contribution in [-0.2, 0) is 6.54 Å². The highest BCUT2D eigenvalue weighted by atomic mass is 19.1. The molecule has 2 aromatic heterocycles. The van der Waals surface area contributed by atoms with E-state index in [0.717, 1.165) is 0 Å². The van der Waals surface area contributed by atoms with Crippen molar-refractivity contribution in [1.29, 1.82) is 5.26 Å². The summed E-state index contributed by atoms with van der Waals surface area (Å²) in [5.74, 6) is 0.243. The van der Waals surface area contributed by atoms with Gasteiger partial charge in [-0.15, -0.1) is 14.8 Å². The smallest absolute Gasteiger partial charge is 0.200 e. The van der Waals surface area contributed by atoms with Crippen LogP contribution in [0, 0.1) is 17.1 Å². The molecule has 2 heterocycles. The third-order valence-corrected chi connectivity index (χ3v) is 3.30. The molecule has 110 valence electrons. The second kappa shape index (κ2) is 5.73. The summed E-state index contributed by atoms with van der Waals surface area (Å²) < 4.78 is 15.3. The molecule has 0 aliphatic rings. The van der Waals surface area contributed by atoms with E-state index < -0.39 is 5.82 Å². The molecule has 0 spiro atoms. The minimum absolute atomic E-state index is 0.303. The Balaban J connectivity index is 1.89. The van der Waals surface area contributed by atoms with Crippen molar-refractivity contribution in [2.75, 3.05) is 11.4 Å². The molecule has 0 aliphatic heterocycles. The number of halogens is 1. The van der Waals surface area contributed by atoms with Crippen LogP contribution in [0.4, 0.5) is 10.2 Å². The molecule has 0 aliphatic carbocycles. The molecule has 0 amide bonds. The fraction of sp³-hybridized carbons (Fsp3) is 0.214. The Morgan fingerprint density at radius 3 is 2.91 bits per heavy atom. The first-order chi connectivity index (χ1) is 10.7. The van der Waals surface area contributed by atoms with Crippen molar-refractivity contribution in [3.8, 4) is 6.07 Å². The fourth-order valence-electron chi connectivity index (χ4n) is 2.11. The Morgan fingerprint density at radius 2 is 2.18 bits per heavy atom. The Kier molecular flexibility index (Phi) is 3.62. The number of hydrogen-bond donors (Lipinski definition) is 0. The number of aromatic nitrogens is 5. The van der Waals surface area contributed by atoms with Gasteiger partial charge < -0.3 is 4.90 Å². The summed E-state index contributed by atoms with van der Waals surface area (Å²) in [6.45, 7) is 2.93. The van der Waals surface area contributed by atoms with Gasteiger partial charge in [0.15, 0.2) is 11.5 Å². The largest absolute Gasteiger partial charge is 0.351 e. The predicted molar refractivity (Wildman–Crippen MR) is 76.4 cm³/mol. The van der Waals surface area contributed by atoms with E-state index in [0.29, 0.717) is 35.7 Å². The highest BCUT2D eigenvalue weighted by molar-refractivity contribution is 5.45. The molecule has 1 aromatic carbocycles. The number of fused-ring (bicyclic) bond motifs is 1. The van der Waals surface area contributed by atoms with Gasteiger partial charge in [0.1, 0.15) is 5.82 Å². The number of benzene rings is 1. The molecule has 8 heteroatoms. The van der Waals surface area contributed by atoms with Crippen molar-refractivity contribution in [1.82, 2.24) is 25.3 Å². The Hall–Kier alpha value is -3.08. The lowest BCUT2D eigenvalue weighted by Crippen LogP contribution is -2.24. The second-order valence-corrected chi connectivity index (χ2v) is 4.65. The maximum absolute atomic E-state index is 14.0. The minimum atomic E-state index is -0.402. The van der Waals surface area contributed by atoms with E-state index in [9.17, 15) is 4.39 Å². The number of rotatable bonds is 4. The zero-order chi connectivity index (χ0) is 15.5. The monoisotopic (exact) mass is 297 g/mol. The van der Waals surface area contributed by atoms with Gasteiger partial charge in [-0.1, -0.05) is 6.07 Å². The maximum atomic E-state index is 14.0. The van der Waals surface area contributed by atoms with Gasteiger partial charge in [0.25, 0.3) is 0 Å². The average molecular weight is 297 g/mol. The van der Waals surface area contributed by atoms with Crippen LogP contribution in [0.15, 0.2) is 30.3 Å². The molecular weight excluding hydrogens is 285 g/mol. The van der Waals surface area contributed by atoms with Gasteiger partial charge in [0.2, 0.25) is 0 Å². The van der Waals surface area contributed by atoms with Crippen LogP contribution in [0.2, 0.25) is 0 Å². The van der Waals surface area contributed by atoms with E-state index in [4.69, 9.17) is 5.26 Å². The summed E-state index contributed by atoms with van der Waals surface area (Å²) in [6, 6.07) is 9.91. The van der Waals surface area contributed by atoms with Crippen LogP contribution in [0.1, 0.15) is 18.1 Å². The van der Waals surface area contributed by atoms with Crippen molar-refractivity contribution >= 4 is 11.5 Å². The highest BCUT2D eigenvalue weighted by Crippen LogP contribution is 2.17. The number of nitriles is 1. The predicted octanol–water partition coefficient (Wildman–Crippen LogP) is 1.56. The number of anilines is 1. The van der Waals surface area contributed by atoms with E-state index in [-0.39, 0.29) is 0 Å². The van der Waals surface area contributed by atoms with Gasteiger partial charge in [0, 0.05) is 18.7 Å². The molecule has 22 heavy (non-hydrogen) atoms. The molecule has 0 unspecified atom stereocenters. The van der Waals surface area contributed by atoms with Gasteiger partial charge in [-0.2, -0.15) is 5.26 Å². The third-order valence-electron chi connectivity index (χ3n) is 3.30. The fourth-order valence-corrected chi connectivity index (χ4v) is 2.11. The van der Waals surface area contributed by atoms with Crippen molar-refractivity contribution in [3.05, 3.63) is 47.3 Å². The Labute approximate surface area is 125 Å². The molecule has 0 bridgehead atoms. The van der Waals surface area contributed by atoms with Crippen LogP contribution in [0.25, 0.3) is 5.65 Å². The second-order valence-electron chi connectivity index (χ2n) is 4.65. The van der Waals surface area contributed by atoms with Crippen molar-refractivity contribution in [3.63, 3.8) is 0 Å². The highest BCUT2D eigenvalue weighted by Gasteiger charge is 2.12. The molecule has 0 atom stereocenters. The first-order valence-electron chi connectivity index (χ1n) is 6.70. The lowest BCUT2D eigenvalue weighted by atomic mass is 10.1. The summed E-state index contributed by atoms with van der Waals surface area (Å²) in [7, 11) is 0. The number of tetrazole rings is 1. The zero-order valence-corrected chi connectivity index (χ0v) is 11.8. The van der Waals surface area contributed by atoms with Crippen LogP contribution in [0.3, 0.4) is 0 Å². The number of nitrogens with zero attached hydrogens (tertiary/aromatic N) is 7. The minimum Gasteiger partial charge on any atom is -0.351 e. The van der Waals surface area contributed by atoms with Gasteiger partial charge in [-0.3, -0.25) is 0 Å². The molecular formula is C14H12FN7. The lowest BCUT2D eigenvalue weighted by Gasteiger charge is -2.21. The van der Waals surface area contributed by atoms with E-state index in [2.05, 4.69) is 20.6 Å². The van der Waals surface area contributed by atoms with E-state index in [1.54, 1.807) is 24.3 Å². The average Bonchev–Trinajstić information content (AvgIpc) is 3.01. The topological polar surface area (TPSA) is 83.0 Å². The van der Waals surface area contributed by atoms with Crippen molar-refractivity contribution in [2.45, 2.75) is 13.5 Å². The summed E-state index contributed by atoms with van der Waals surface area (Å²) in [4.78, 5) is 1.89. The molecule has 0 fully saturated rings. The zero-order valence-electron chi connectivity index (χ0n) is 11.8. The Morgan fingerprint density at radius 1 is 1.32 bits per heavy atom. The quantitative estimate of drug-likeness (QED) is 0.726. The van der Waals surface area contributed by atoms with Crippen LogP contribution >= 0.6 is 0 Å². The van der Waals surface area contributed by atoms with Gasteiger partial charge >= 0.3 is 0 Å². The van der Waals surface area contributed by atoms with Crippen LogP contribution in [0.5, 0.6) is 0 Å². The standard InChI is InChI=1S/C14H12FN7/c1-2-21(9-11-4-3-10(8-16)7-12(11)15)14-6-5-13-17-19-20-22(13)18-14/h3-7H,2,9H2,1H3. The van der Waals surface area contributed by atoms with Crippen molar-refractivity contribution < 1.29 is 4.39 Å². The summed E-state index contributed by atoms with van der Waals surface area (Å²) in [5.41, 5.74) is 1.35. The lowest BCUT2D eigenvalue weighted by molar-refractivity contribution is 0.602. The normalized spacial score (nSPS) is 10.6. The molecule has 0 saturated carbocycles. The SMILES string of the molecule is CCN(Cc1ccc(C#N)cc1F)c1ccc2nnnn2n1. The molecule has 7 nitrogen and oxygen atoms in total.